The van der Waals surface area contributed by atoms with Gasteiger partial charge in [0.15, 0.2) is 0 Å². The third kappa shape index (κ3) is 2.28. The van der Waals surface area contributed by atoms with Crippen molar-refractivity contribution >= 4 is 40.5 Å². The van der Waals surface area contributed by atoms with Crippen LogP contribution in [0.1, 0.15) is 43.9 Å². The van der Waals surface area contributed by atoms with Crippen LogP contribution in [0.3, 0.4) is 0 Å². The number of benzene rings is 1. The van der Waals surface area contributed by atoms with Crippen LogP contribution in [0.25, 0.3) is 10.4 Å². The van der Waals surface area contributed by atoms with E-state index in [1.807, 2.05) is 26.8 Å². The predicted octanol–water partition coefficient (Wildman–Crippen LogP) is 6.59. The van der Waals surface area contributed by atoms with E-state index in [0.29, 0.717) is 0 Å². The fraction of sp³-hybridized carbons (Fsp3) is 0.409. The number of rotatable bonds is 3. The second-order valence-electron chi connectivity index (χ2n) is 8.26. The van der Waals surface area contributed by atoms with Crippen molar-refractivity contribution in [1.29, 1.82) is 0 Å². The minimum atomic E-state index is -0.977. The number of fused-ring (bicyclic) bond motifs is 3. The van der Waals surface area contributed by atoms with Gasteiger partial charge < -0.3 is 5.11 Å². The molecular weight excluding hydrogens is 399 g/mol. The van der Waals surface area contributed by atoms with E-state index in [2.05, 4.69) is 23.6 Å². The van der Waals surface area contributed by atoms with Gasteiger partial charge in [0.1, 0.15) is 4.49 Å². The molecule has 0 aliphatic heterocycles. The maximum Gasteiger partial charge on any atom is 0.311 e. The molecule has 2 nitrogen and oxygen atoms in total. The van der Waals surface area contributed by atoms with Crippen molar-refractivity contribution in [2.45, 2.75) is 45.4 Å². The summed E-state index contributed by atoms with van der Waals surface area (Å²) < 4.78 is 0.121. The van der Waals surface area contributed by atoms with Crippen LogP contribution in [0.15, 0.2) is 40.2 Å². The largest absolute Gasteiger partial charge is 0.481 e. The minimum Gasteiger partial charge on any atom is -0.481 e. The summed E-state index contributed by atoms with van der Waals surface area (Å²) >= 11 is 14.0. The number of carbonyl (C=O) groups is 1. The van der Waals surface area contributed by atoms with Gasteiger partial charge in [0.25, 0.3) is 0 Å². The first-order valence-corrected chi connectivity index (χ1v) is 10.8. The maximum atomic E-state index is 12.3. The molecule has 27 heavy (non-hydrogen) atoms. The summed E-state index contributed by atoms with van der Waals surface area (Å²) in [4.78, 5) is 13.7. The lowest BCUT2D eigenvalue weighted by Gasteiger charge is -2.23. The van der Waals surface area contributed by atoms with Crippen LogP contribution < -0.4 is 0 Å². The quantitative estimate of drug-likeness (QED) is 0.607. The highest BCUT2D eigenvalue weighted by Gasteiger charge is 2.83. The Hall–Kier alpha value is -1.29. The molecule has 2 aliphatic carbocycles. The third-order valence-electron chi connectivity index (χ3n) is 7.18. The van der Waals surface area contributed by atoms with Crippen molar-refractivity contribution in [2.75, 3.05) is 0 Å². The fourth-order valence-electron chi connectivity index (χ4n) is 5.40. The average Bonchev–Trinajstić information content (AvgIpc) is 2.86. The second-order valence-corrected chi connectivity index (χ2v) is 10.2. The van der Waals surface area contributed by atoms with E-state index in [9.17, 15) is 9.90 Å². The number of hydrogen-bond donors (Lipinski definition) is 1. The SMILES string of the molecule is CC1(C)[C@](C)(C(=O)O)[C@]1(C=C(Cl)Cl)c1cccc2c1CCCc1ccsc1-2. The Morgan fingerprint density at radius 2 is 1.93 bits per heavy atom. The Bertz CT molecular complexity index is 970. The minimum absolute atomic E-state index is 0.121. The molecule has 1 saturated carbocycles. The predicted molar refractivity (Wildman–Crippen MR) is 113 cm³/mol. The number of halogens is 2. The van der Waals surface area contributed by atoms with Gasteiger partial charge in [0.05, 0.1) is 5.41 Å². The van der Waals surface area contributed by atoms with E-state index in [-0.39, 0.29) is 4.49 Å². The van der Waals surface area contributed by atoms with Gasteiger partial charge in [-0.05, 0) is 71.4 Å². The van der Waals surface area contributed by atoms with Gasteiger partial charge in [-0.1, -0.05) is 55.2 Å². The number of allylic oxidation sites excluding steroid dienone is 1. The van der Waals surface area contributed by atoms with Gasteiger partial charge in [0.2, 0.25) is 0 Å². The van der Waals surface area contributed by atoms with E-state index in [1.165, 1.54) is 21.6 Å². The summed E-state index contributed by atoms with van der Waals surface area (Å²) in [5, 5.41) is 12.3. The third-order valence-corrected chi connectivity index (χ3v) is 8.39. The lowest BCUT2D eigenvalue weighted by molar-refractivity contribution is -0.144. The van der Waals surface area contributed by atoms with E-state index >= 15 is 0 Å². The average molecular weight is 421 g/mol. The van der Waals surface area contributed by atoms with Crippen molar-refractivity contribution in [2.24, 2.45) is 10.8 Å². The summed E-state index contributed by atoms with van der Waals surface area (Å²) in [6.45, 7) is 5.82. The molecule has 5 heteroatoms. The molecule has 1 heterocycles. The molecule has 0 radical (unpaired) electrons. The van der Waals surface area contributed by atoms with Gasteiger partial charge in [0, 0.05) is 10.3 Å². The number of aryl methyl sites for hydroxylation is 1. The molecular formula is C22H22Cl2O2S. The van der Waals surface area contributed by atoms with Crippen LogP contribution >= 0.6 is 34.5 Å². The molecule has 2 aliphatic rings. The molecule has 1 aromatic carbocycles. The van der Waals surface area contributed by atoms with Crippen LogP contribution in [-0.4, -0.2) is 11.1 Å². The zero-order valence-corrected chi connectivity index (χ0v) is 17.9. The monoisotopic (exact) mass is 420 g/mol. The normalized spacial score (nSPS) is 27.9. The first-order chi connectivity index (χ1) is 12.7. The molecule has 2 aromatic rings. The van der Waals surface area contributed by atoms with E-state index in [1.54, 1.807) is 17.4 Å². The number of hydrogen-bond acceptors (Lipinski definition) is 2. The van der Waals surface area contributed by atoms with Gasteiger partial charge in [-0.2, -0.15) is 0 Å². The highest BCUT2D eigenvalue weighted by atomic mass is 35.5. The summed E-state index contributed by atoms with van der Waals surface area (Å²) in [5.74, 6) is -0.818. The van der Waals surface area contributed by atoms with Crippen LogP contribution in [0.4, 0.5) is 0 Å². The topological polar surface area (TPSA) is 37.3 Å². The number of carboxylic acids is 1. The van der Waals surface area contributed by atoms with E-state index in [0.717, 1.165) is 24.8 Å². The molecule has 0 unspecified atom stereocenters. The molecule has 1 N–H and O–H groups in total. The second kappa shape index (κ2) is 6.10. The number of aliphatic carboxylic acids is 1. The summed E-state index contributed by atoms with van der Waals surface area (Å²) in [6.07, 6.45) is 4.78. The summed E-state index contributed by atoms with van der Waals surface area (Å²) in [7, 11) is 0. The maximum absolute atomic E-state index is 12.3. The van der Waals surface area contributed by atoms with Gasteiger partial charge in [-0.15, -0.1) is 11.3 Å². The van der Waals surface area contributed by atoms with Crippen molar-refractivity contribution < 1.29 is 9.90 Å². The Kier molecular flexibility index (Phi) is 4.30. The molecule has 0 saturated heterocycles. The Morgan fingerprint density at radius 1 is 1.19 bits per heavy atom. The van der Waals surface area contributed by atoms with Gasteiger partial charge >= 0.3 is 5.97 Å². The highest BCUT2D eigenvalue weighted by Crippen LogP contribution is 2.80. The Balaban J connectivity index is 2.03. The van der Waals surface area contributed by atoms with E-state index in [4.69, 9.17) is 23.2 Å². The molecule has 1 fully saturated rings. The molecule has 0 amide bonds. The van der Waals surface area contributed by atoms with Crippen molar-refractivity contribution in [3.63, 3.8) is 0 Å². The zero-order valence-electron chi connectivity index (χ0n) is 15.6. The van der Waals surface area contributed by atoms with Gasteiger partial charge in [-0.3, -0.25) is 4.79 Å². The van der Waals surface area contributed by atoms with Crippen molar-refractivity contribution in [3.05, 3.63) is 56.9 Å². The van der Waals surface area contributed by atoms with Crippen molar-refractivity contribution in [1.82, 2.24) is 0 Å². The number of carboxylic acid groups (broad SMARTS) is 1. The first-order valence-electron chi connectivity index (χ1n) is 9.15. The smallest absolute Gasteiger partial charge is 0.311 e. The molecule has 142 valence electrons. The van der Waals surface area contributed by atoms with Crippen LogP contribution in [0.2, 0.25) is 0 Å². The summed E-state index contributed by atoms with van der Waals surface area (Å²) in [6, 6.07) is 8.47. The summed E-state index contributed by atoms with van der Waals surface area (Å²) in [5.41, 5.74) is 2.67. The zero-order chi connectivity index (χ0) is 19.6. The molecule has 0 bridgehead atoms. The fourth-order valence-corrected chi connectivity index (χ4v) is 6.74. The molecule has 4 rings (SSSR count). The Labute approximate surface area is 173 Å². The van der Waals surface area contributed by atoms with E-state index < -0.39 is 22.2 Å². The molecule has 0 spiro atoms. The Morgan fingerprint density at radius 3 is 2.56 bits per heavy atom. The standard InChI is InChI=1S/C22H22Cl2O2S/c1-20(2)21(3,19(25)26)22(20,12-17(23)24)16-9-5-8-15-14(16)7-4-6-13-10-11-27-18(13)15/h5,8-12H,4,6-7H2,1-3H3,(H,25,26)/t21-,22+/m0/s1. The molecule has 2 atom stereocenters. The molecule has 1 aromatic heterocycles. The van der Waals surface area contributed by atoms with Crippen LogP contribution in [0.5, 0.6) is 0 Å². The van der Waals surface area contributed by atoms with Crippen molar-refractivity contribution in [3.8, 4) is 10.4 Å². The lowest BCUT2D eigenvalue weighted by Crippen LogP contribution is -2.23. The number of thiophene rings is 1. The van der Waals surface area contributed by atoms with Crippen LogP contribution in [0, 0.1) is 10.8 Å². The van der Waals surface area contributed by atoms with Gasteiger partial charge in [-0.25, -0.2) is 0 Å². The highest BCUT2D eigenvalue weighted by molar-refractivity contribution is 7.13. The van der Waals surface area contributed by atoms with Crippen LogP contribution in [-0.2, 0) is 23.1 Å². The first kappa shape index (κ1) is 19.0. The lowest BCUT2D eigenvalue weighted by atomic mass is 9.80.